The Kier molecular flexibility index (Phi) is 5.00. The number of benzene rings is 1. The number of carbonyl (C=O) groups is 2. The molecule has 122 valence electrons. The molecule has 0 saturated carbocycles. The van der Waals surface area contributed by atoms with Crippen molar-refractivity contribution in [1.29, 1.82) is 0 Å². The maximum Gasteiger partial charge on any atom is 0.262 e. The van der Waals surface area contributed by atoms with Crippen LogP contribution in [0.15, 0.2) is 18.2 Å². The molecule has 0 saturated heterocycles. The highest BCUT2D eigenvalue weighted by atomic mass is 16.5. The van der Waals surface area contributed by atoms with E-state index in [1.165, 1.54) is 7.11 Å². The molecule has 0 aliphatic rings. The molecule has 7 nitrogen and oxygen atoms in total. The summed E-state index contributed by atoms with van der Waals surface area (Å²) in [6.07, 6.45) is 0.715. The van der Waals surface area contributed by atoms with Crippen LogP contribution in [0.5, 0.6) is 11.5 Å². The molecule has 2 aromatic rings. The predicted molar refractivity (Wildman–Crippen MR) is 85.2 cm³/mol. The number of aromatic nitrogens is 2. The minimum absolute atomic E-state index is 0.176. The van der Waals surface area contributed by atoms with Gasteiger partial charge in [0.1, 0.15) is 6.29 Å². The van der Waals surface area contributed by atoms with Crippen molar-refractivity contribution in [3.05, 3.63) is 35.2 Å². The molecule has 0 atom stereocenters. The summed E-state index contributed by atoms with van der Waals surface area (Å²) in [5, 5.41) is 7.02. The maximum atomic E-state index is 12.1. The van der Waals surface area contributed by atoms with Crippen LogP contribution in [0, 0.1) is 13.8 Å². The quantitative estimate of drug-likeness (QED) is 0.823. The van der Waals surface area contributed by atoms with Gasteiger partial charge >= 0.3 is 0 Å². The summed E-state index contributed by atoms with van der Waals surface area (Å²) in [5.74, 6) is 0.495. The second kappa shape index (κ2) is 6.95. The summed E-state index contributed by atoms with van der Waals surface area (Å²) in [7, 11) is 3.28. The van der Waals surface area contributed by atoms with Gasteiger partial charge in [0, 0.05) is 12.6 Å². The molecular formula is C16H19N3O4. The Morgan fingerprint density at radius 2 is 2.09 bits per heavy atom. The van der Waals surface area contributed by atoms with Crippen molar-refractivity contribution in [3.63, 3.8) is 0 Å². The molecule has 2 rings (SSSR count). The molecule has 1 heterocycles. The van der Waals surface area contributed by atoms with E-state index in [9.17, 15) is 9.59 Å². The molecule has 1 amide bonds. The fourth-order valence-electron chi connectivity index (χ4n) is 2.15. The third-order valence-corrected chi connectivity index (χ3v) is 3.46. The monoisotopic (exact) mass is 317 g/mol. The van der Waals surface area contributed by atoms with Gasteiger partial charge in [-0.25, -0.2) is 0 Å². The molecule has 0 radical (unpaired) electrons. The highest BCUT2D eigenvalue weighted by Gasteiger charge is 2.14. The number of hydrogen-bond acceptors (Lipinski definition) is 5. The normalized spacial score (nSPS) is 10.3. The largest absolute Gasteiger partial charge is 0.493 e. The summed E-state index contributed by atoms with van der Waals surface area (Å²) in [5.41, 5.74) is 2.76. The van der Waals surface area contributed by atoms with Crippen LogP contribution >= 0.6 is 0 Å². The molecule has 1 aromatic heterocycles. The molecule has 0 bridgehead atoms. The van der Waals surface area contributed by atoms with E-state index >= 15 is 0 Å². The zero-order valence-corrected chi connectivity index (χ0v) is 13.5. The number of anilines is 1. The number of methoxy groups -OCH3 is 1. The van der Waals surface area contributed by atoms with Gasteiger partial charge in [0.15, 0.2) is 18.1 Å². The first kappa shape index (κ1) is 16.5. The lowest BCUT2D eigenvalue weighted by Gasteiger charge is -2.11. The van der Waals surface area contributed by atoms with Crippen molar-refractivity contribution in [1.82, 2.24) is 9.78 Å². The fraction of sp³-hybridized carbons (Fsp3) is 0.312. The lowest BCUT2D eigenvalue weighted by atomic mass is 10.2. The Morgan fingerprint density at radius 1 is 1.35 bits per heavy atom. The van der Waals surface area contributed by atoms with E-state index in [1.807, 2.05) is 20.9 Å². The number of aldehydes is 1. The van der Waals surface area contributed by atoms with Gasteiger partial charge in [-0.1, -0.05) is 0 Å². The summed E-state index contributed by atoms with van der Waals surface area (Å²) in [6.45, 7) is 3.52. The SMILES string of the molecule is COc1cc(C=O)ccc1OCC(=O)Nc1c(C)nn(C)c1C. The predicted octanol–water partition coefficient (Wildman–Crippen LogP) is 1.88. The van der Waals surface area contributed by atoms with Gasteiger partial charge in [-0.3, -0.25) is 14.3 Å². The van der Waals surface area contributed by atoms with Gasteiger partial charge in [-0.05, 0) is 32.0 Å². The summed E-state index contributed by atoms with van der Waals surface area (Å²) in [6, 6.07) is 4.74. The second-order valence-corrected chi connectivity index (χ2v) is 5.03. The van der Waals surface area contributed by atoms with Crippen molar-refractivity contribution in [2.75, 3.05) is 19.0 Å². The van der Waals surface area contributed by atoms with Crippen LogP contribution in [0.1, 0.15) is 21.7 Å². The van der Waals surface area contributed by atoms with Crippen LogP contribution in [-0.2, 0) is 11.8 Å². The van der Waals surface area contributed by atoms with Crippen LogP contribution in [0.3, 0.4) is 0 Å². The first-order chi connectivity index (χ1) is 11.0. The number of aryl methyl sites for hydroxylation is 2. The Balaban J connectivity index is 2.03. The molecule has 0 spiro atoms. The average molecular weight is 317 g/mol. The molecule has 23 heavy (non-hydrogen) atoms. The Morgan fingerprint density at radius 3 is 2.65 bits per heavy atom. The summed E-state index contributed by atoms with van der Waals surface area (Å²) in [4.78, 5) is 22.8. The van der Waals surface area contributed by atoms with Crippen molar-refractivity contribution in [3.8, 4) is 11.5 Å². The smallest absolute Gasteiger partial charge is 0.262 e. The minimum Gasteiger partial charge on any atom is -0.493 e. The lowest BCUT2D eigenvalue weighted by Crippen LogP contribution is -2.21. The standard InChI is InChI=1S/C16H19N3O4/c1-10-16(11(2)19(3)18-10)17-15(21)9-23-13-6-5-12(8-20)7-14(13)22-4/h5-8H,9H2,1-4H3,(H,17,21). The molecule has 0 fully saturated rings. The van der Waals surface area contributed by atoms with Gasteiger partial charge in [0.05, 0.1) is 24.2 Å². The van der Waals surface area contributed by atoms with Crippen LogP contribution in [0.25, 0.3) is 0 Å². The van der Waals surface area contributed by atoms with Crippen LogP contribution in [-0.4, -0.2) is 35.7 Å². The van der Waals surface area contributed by atoms with Crippen LogP contribution in [0.2, 0.25) is 0 Å². The molecule has 1 N–H and O–H groups in total. The van der Waals surface area contributed by atoms with Gasteiger partial charge in [0.2, 0.25) is 0 Å². The van der Waals surface area contributed by atoms with Crippen molar-refractivity contribution < 1.29 is 19.1 Å². The summed E-state index contributed by atoms with van der Waals surface area (Å²) >= 11 is 0. The number of amides is 1. The van der Waals surface area contributed by atoms with Gasteiger partial charge < -0.3 is 14.8 Å². The Bertz CT molecular complexity index is 737. The van der Waals surface area contributed by atoms with E-state index in [1.54, 1.807) is 22.9 Å². The summed E-state index contributed by atoms with van der Waals surface area (Å²) < 4.78 is 12.3. The molecular weight excluding hydrogens is 298 g/mol. The Labute approximate surface area is 134 Å². The Hall–Kier alpha value is -2.83. The second-order valence-electron chi connectivity index (χ2n) is 5.03. The van der Waals surface area contributed by atoms with E-state index in [0.29, 0.717) is 29.0 Å². The minimum atomic E-state index is -0.300. The zero-order chi connectivity index (χ0) is 17.0. The molecule has 7 heteroatoms. The molecule has 1 aromatic carbocycles. The number of nitrogens with one attached hydrogen (secondary N) is 1. The molecule has 0 aliphatic heterocycles. The first-order valence-electron chi connectivity index (χ1n) is 7.02. The molecule has 0 aliphatic carbocycles. The average Bonchev–Trinajstić information content (AvgIpc) is 2.79. The van der Waals surface area contributed by atoms with E-state index in [2.05, 4.69) is 10.4 Å². The topological polar surface area (TPSA) is 82.4 Å². The highest BCUT2D eigenvalue weighted by Crippen LogP contribution is 2.27. The van der Waals surface area contributed by atoms with Gasteiger partial charge in [-0.15, -0.1) is 0 Å². The third kappa shape index (κ3) is 3.68. The van der Waals surface area contributed by atoms with Crippen LogP contribution < -0.4 is 14.8 Å². The number of carbonyl (C=O) groups excluding carboxylic acids is 2. The van der Waals surface area contributed by atoms with E-state index in [4.69, 9.17) is 9.47 Å². The number of ether oxygens (including phenoxy) is 2. The van der Waals surface area contributed by atoms with Gasteiger partial charge in [0.25, 0.3) is 5.91 Å². The highest BCUT2D eigenvalue weighted by molar-refractivity contribution is 5.93. The van der Waals surface area contributed by atoms with Crippen molar-refractivity contribution >= 4 is 17.9 Å². The van der Waals surface area contributed by atoms with E-state index in [-0.39, 0.29) is 12.5 Å². The zero-order valence-electron chi connectivity index (χ0n) is 13.5. The van der Waals surface area contributed by atoms with Gasteiger partial charge in [-0.2, -0.15) is 5.10 Å². The molecule has 0 unspecified atom stereocenters. The van der Waals surface area contributed by atoms with E-state index < -0.39 is 0 Å². The van der Waals surface area contributed by atoms with Crippen LogP contribution in [0.4, 0.5) is 5.69 Å². The fourth-order valence-corrected chi connectivity index (χ4v) is 2.15. The number of rotatable bonds is 6. The third-order valence-electron chi connectivity index (χ3n) is 3.46. The van der Waals surface area contributed by atoms with E-state index in [0.717, 1.165) is 11.4 Å². The van der Waals surface area contributed by atoms with Crippen molar-refractivity contribution in [2.24, 2.45) is 7.05 Å². The lowest BCUT2D eigenvalue weighted by molar-refractivity contribution is -0.118. The number of hydrogen-bond donors (Lipinski definition) is 1. The first-order valence-corrected chi connectivity index (χ1v) is 7.02. The number of nitrogens with zero attached hydrogens (tertiary/aromatic N) is 2. The maximum absolute atomic E-state index is 12.1. The van der Waals surface area contributed by atoms with Crippen molar-refractivity contribution in [2.45, 2.75) is 13.8 Å².